The normalized spacial score (nSPS) is 10.3. The van der Waals surface area contributed by atoms with E-state index in [1.54, 1.807) is 31.5 Å². The number of halogens is 1. The largest absolute Gasteiger partial charge is 0.497 e. The number of aryl methyl sites for hydroxylation is 1. The Bertz CT molecular complexity index is 945. The molecule has 0 aliphatic rings. The molecule has 0 saturated heterocycles. The van der Waals surface area contributed by atoms with Gasteiger partial charge in [0.1, 0.15) is 11.4 Å². The summed E-state index contributed by atoms with van der Waals surface area (Å²) in [6, 6.07) is 14.6. The number of nitrogens with zero attached hydrogens (tertiary/aromatic N) is 2. The summed E-state index contributed by atoms with van der Waals surface area (Å²) >= 11 is 6.00. The highest BCUT2D eigenvalue weighted by atomic mass is 35.5. The summed E-state index contributed by atoms with van der Waals surface area (Å²) in [4.78, 5) is 20.9. The second-order valence-corrected chi connectivity index (χ2v) is 6.32. The molecule has 0 spiro atoms. The SMILES string of the molecule is COc1ccc(CNc2nccc(C(=O)Nc3cc(Cl)ccc3C)n2)cc1. The smallest absolute Gasteiger partial charge is 0.274 e. The summed E-state index contributed by atoms with van der Waals surface area (Å²) in [6.45, 7) is 2.43. The minimum Gasteiger partial charge on any atom is -0.497 e. The molecule has 1 aromatic heterocycles. The lowest BCUT2D eigenvalue weighted by Gasteiger charge is -2.10. The first-order chi connectivity index (χ1) is 13.0. The average Bonchev–Trinajstić information content (AvgIpc) is 2.69. The zero-order valence-electron chi connectivity index (χ0n) is 15.0. The van der Waals surface area contributed by atoms with Crippen LogP contribution in [-0.2, 0) is 6.54 Å². The number of ether oxygens (including phenoxy) is 1. The molecule has 0 unspecified atom stereocenters. The fourth-order valence-corrected chi connectivity index (χ4v) is 2.58. The van der Waals surface area contributed by atoms with Crippen molar-refractivity contribution in [1.82, 2.24) is 9.97 Å². The quantitative estimate of drug-likeness (QED) is 0.664. The Hall–Kier alpha value is -3.12. The molecule has 1 amide bonds. The summed E-state index contributed by atoms with van der Waals surface area (Å²) < 4.78 is 5.14. The van der Waals surface area contributed by atoms with Gasteiger partial charge in [-0.2, -0.15) is 0 Å². The molecule has 2 aromatic carbocycles. The molecule has 0 aliphatic heterocycles. The van der Waals surface area contributed by atoms with Crippen LogP contribution in [0.2, 0.25) is 5.02 Å². The number of nitrogens with one attached hydrogen (secondary N) is 2. The van der Waals surface area contributed by atoms with Gasteiger partial charge in [-0.25, -0.2) is 9.97 Å². The fourth-order valence-electron chi connectivity index (χ4n) is 2.41. The van der Waals surface area contributed by atoms with E-state index < -0.39 is 0 Å². The number of methoxy groups -OCH3 is 1. The van der Waals surface area contributed by atoms with E-state index in [0.717, 1.165) is 16.9 Å². The van der Waals surface area contributed by atoms with E-state index in [9.17, 15) is 4.79 Å². The van der Waals surface area contributed by atoms with Crippen LogP contribution < -0.4 is 15.4 Å². The maximum atomic E-state index is 12.5. The first-order valence-corrected chi connectivity index (χ1v) is 8.70. The average molecular weight is 383 g/mol. The van der Waals surface area contributed by atoms with Crippen LogP contribution in [0.4, 0.5) is 11.6 Å². The third-order valence-electron chi connectivity index (χ3n) is 3.95. The van der Waals surface area contributed by atoms with Crippen LogP contribution in [0.25, 0.3) is 0 Å². The Morgan fingerprint density at radius 1 is 1.15 bits per heavy atom. The summed E-state index contributed by atoms with van der Waals surface area (Å²) in [6.07, 6.45) is 1.54. The van der Waals surface area contributed by atoms with Gasteiger partial charge < -0.3 is 15.4 Å². The van der Waals surface area contributed by atoms with Crippen molar-refractivity contribution in [3.63, 3.8) is 0 Å². The third-order valence-corrected chi connectivity index (χ3v) is 4.18. The minimum absolute atomic E-state index is 0.265. The number of hydrogen-bond acceptors (Lipinski definition) is 5. The molecule has 0 fully saturated rings. The topological polar surface area (TPSA) is 76.1 Å². The molecular formula is C20H19ClN4O2. The van der Waals surface area contributed by atoms with Crippen LogP contribution in [0, 0.1) is 6.92 Å². The van der Waals surface area contributed by atoms with Gasteiger partial charge in [-0.15, -0.1) is 0 Å². The number of aromatic nitrogens is 2. The second kappa shape index (κ2) is 8.51. The van der Waals surface area contributed by atoms with Crippen molar-refractivity contribution in [2.75, 3.05) is 17.7 Å². The number of carbonyl (C=O) groups excluding carboxylic acids is 1. The molecule has 27 heavy (non-hydrogen) atoms. The molecular weight excluding hydrogens is 364 g/mol. The predicted molar refractivity (Wildman–Crippen MR) is 106 cm³/mol. The van der Waals surface area contributed by atoms with E-state index >= 15 is 0 Å². The maximum Gasteiger partial charge on any atom is 0.274 e. The highest BCUT2D eigenvalue weighted by Gasteiger charge is 2.11. The molecule has 0 radical (unpaired) electrons. The van der Waals surface area contributed by atoms with Crippen LogP contribution in [0.1, 0.15) is 21.6 Å². The Morgan fingerprint density at radius 3 is 2.67 bits per heavy atom. The number of carbonyl (C=O) groups is 1. The fraction of sp³-hybridized carbons (Fsp3) is 0.150. The lowest BCUT2D eigenvalue weighted by molar-refractivity contribution is 0.102. The van der Waals surface area contributed by atoms with E-state index in [2.05, 4.69) is 20.6 Å². The number of rotatable bonds is 6. The van der Waals surface area contributed by atoms with Gasteiger partial charge in [0.05, 0.1) is 7.11 Å². The van der Waals surface area contributed by atoms with E-state index in [-0.39, 0.29) is 11.6 Å². The standard InChI is InChI=1S/C20H19ClN4O2/c1-13-3-6-15(21)11-18(13)24-19(26)17-9-10-22-20(25-17)23-12-14-4-7-16(27-2)8-5-14/h3-11H,12H2,1-2H3,(H,24,26)(H,22,23,25). The van der Waals surface area contributed by atoms with Crippen molar-refractivity contribution in [3.8, 4) is 5.75 Å². The van der Waals surface area contributed by atoms with Gasteiger partial charge in [-0.1, -0.05) is 29.8 Å². The van der Waals surface area contributed by atoms with Gasteiger partial charge in [0.25, 0.3) is 5.91 Å². The number of anilines is 2. The highest BCUT2D eigenvalue weighted by Crippen LogP contribution is 2.20. The lowest BCUT2D eigenvalue weighted by atomic mass is 10.2. The molecule has 3 rings (SSSR count). The molecule has 3 aromatic rings. The van der Waals surface area contributed by atoms with Gasteiger partial charge in [0.15, 0.2) is 0 Å². The van der Waals surface area contributed by atoms with Crippen LogP contribution in [0.5, 0.6) is 5.75 Å². The molecule has 0 bridgehead atoms. The Morgan fingerprint density at radius 2 is 1.93 bits per heavy atom. The number of benzene rings is 2. The Kier molecular flexibility index (Phi) is 5.88. The van der Waals surface area contributed by atoms with Crippen molar-refractivity contribution >= 4 is 29.1 Å². The summed E-state index contributed by atoms with van der Waals surface area (Å²) in [7, 11) is 1.63. The van der Waals surface area contributed by atoms with Crippen molar-refractivity contribution in [2.24, 2.45) is 0 Å². The Balaban J connectivity index is 1.67. The summed E-state index contributed by atoms with van der Waals surface area (Å²) in [5.74, 6) is 0.849. The van der Waals surface area contributed by atoms with Gasteiger partial charge in [-0.3, -0.25) is 4.79 Å². The van der Waals surface area contributed by atoms with Gasteiger partial charge in [0.2, 0.25) is 5.95 Å². The van der Waals surface area contributed by atoms with E-state index in [0.29, 0.717) is 23.2 Å². The van der Waals surface area contributed by atoms with Crippen LogP contribution in [-0.4, -0.2) is 23.0 Å². The lowest BCUT2D eigenvalue weighted by Crippen LogP contribution is -2.16. The zero-order valence-corrected chi connectivity index (χ0v) is 15.7. The molecule has 7 heteroatoms. The molecule has 2 N–H and O–H groups in total. The monoisotopic (exact) mass is 382 g/mol. The zero-order chi connectivity index (χ0) is 19.2. The van der Waals surface area contributed by atoms with E-state index in [4.69, 9.17) is 16.3 Å². The highest BCUT2D eigenvalue weighted by molar-refractivity contribution is 6.31. The predicted octanol–water partition coefficient (Wildman–Crippen LogP) is 4.31. The molecule has 0 aliphatic carbocycles. The van der Waals surface area contributed by atoms with Crippen molar-refractivity contribution in [1.29, 1.82) is 0 Å². The molecule has 0 saturated carbocycles. The van der Waals surface area contributed by atoms with E-state index in [1.807, 2.05) is 37.3 Å². The van der Waals surface area contributed by atoms with E-state index in [1.165, 1.54) is 0 Å². The molecule has 0 atom stereocenters. The number of hydrogen-bond donors (Lipinski definition) is 2. The summed E-state index contributed by atoms with van der Waals surface area (Å²) in [5.41, 5.74) is 2.88. The molecule has 138 valence electrons. The third kappa shape index (κ3) is 4.95. The van der Waals surface area contributed by atoms with Gasteiger partial charge in [-0.05, 0) is 48.4 Å². The van der Waals surface area contributed by atoms with Crippen molar-refractivity contribution < 1.29 is 9.53 Å². The second-order valence-electron chi connectivity index (χ2n) is 5.88. The van der Waals surface area contributed by atoms with Gasteiger partial charge >= 0.3 is 0 Å². The Labute approximate surface area is 162 Å². The van der Waals surface area contributed by atoms with Crippen molar-refractivity contribution in [2.45, 2.75) is 13.5 Å². The number of amides is 1. The minimum atomic E-state index is -0.324. The molecule has 1 heterocycles. The first kappa shape index (κ1) is 18.7. The van der Waals surface area contributed by atoms with Crippen LogP contribution in [0.3, 0.4) is 0 Å². The molecule has 6 nitrogen and oxygen atoms in total. The maximum absolute atomic E-state index is 12.5. The first-order valence-electron chi connectivity index (χ1n) is 8.32. The van der Waals surface area contributed by atoms with Crippen molar-refractivity contribution in [3.05, 3.63) is 76.6 Å². The van der Waals surface area contributed by atoms with Crippen LogP contribution in [0.15, 0.2) is 54.7 Å². The van der Waals surface area contributed by atoms with Crippen LogP contribution >= 0.6 is 11.6 Å². The summed E-state index contributed by atoms with van der Waals surface area (Å²) in [5, 5.41) is 6.50. The van der Waals surface area contributed by atoms with Gasteiger partial charge in [0, 0.05) is 23.5 Å².